The fourth-order valence-corrected chi connectivity index (χ4v) is 2.77. The molecule has 1 saturated heterocycles. The largest absolute Gasteiger partial charge is 0.378 e. The fraction of sp³-hybridized carbons (Fsp3) is 0.625. The van der Waals surface area contributed by atoms with Crippen LogP contribution in [0.15, 0.2) is 12.1 Å². The topological polar surface area (TPSA) is 21.3 Å². The van der Waals surface area contributed by atoms with Gasteiger partial charge in [-0.15, -0.1) is 0 Å². The molecule has 1 aliphatic heterocycles. The van der Waals surface area contributed by atoms with E-state index >= 15 is 0 Å². The summed E-state index contributed by atoms with van der Waals surface area (Å²) in [5, 5.41) is 3.08. The third-order valence-electron chi connectivity index (χ3n) is 4.08. The molecule has 2 unspecified atom stereocenters. The fourth-order valence-electron chi connectivity index (χ4n) is 2.77. The summed E-state index contributed by atoms with van der Waals surface area (Å²) in [7, 11) is 1.78. The van der Waals surface area contributed by atoms with Crippen LogP contribution in [0.2, 0.25) is 0 Å². The summed E-state index contributed by atoms with van der Waals surface area (Å²) in [5.74, 6) is -1.47. The first-order valence-electron chi connectivity index (χ1n) is 7.37. The van der Waals surface area contributed by atoms with Crippen molar-refractivity contribution in [1.29, 1.82) is 0 Å². The molecule has 4 heteroatoms. The van der Waals surface area contributed by atoms with E-state index in [1.54, 1.807) is 26.1 Å². The Hall–Kier alpha value is -1.00. The smallest absolute Gasteiger partial charge is 0.163 e. The van der Waals surface area contributed by atoms with Gasteiger partial charge in [-0.05, 0) is 51.6 Å². The Morgan fingerprint density at radius 1 is 1.30 bits per heavy atom. The van der Waals surface area contributed by atoms with Crippen molar-refractivity contribution in [1.82, 2.24) is 5.32 Å². The standard InChI is InChI=1S/C16H23F2NO/c1-11-6-8-13(16(18)15(11)17)14(19-2)9-7-12-5-3-4-10-20-12/h6,8,12,14,19H,3-5,7,9-10H2,1-2H3. The minimum Gasteiger partial charge on any atom is -0.378 e. The highest BCUT2D eigenvalue weighted by atomic mass is 19.2. The zero-order valence-electron chi connectivity index (χ0n) is 12.2. The highest BCUT2D eigenvalue weighted by Gasteiger charge is 2.21. The van der Waals surface area contributed by atoms with Crippen LogP contribution in [0.1, 0.15) is 49.3 Å². The van der Waals surface area contributed by atoms with Crippen LogP contribution in [0.3, 0.4) is 0 Å². The van der Waals surface area contributed by atoms with Crippen molar-refractivity contribution in [2.75, 3.05) is 13.7 Å². The molecule has 112 valence electrons. The van der Waals surface area contributed by atoms with Gasteiger partial charge in [0.1, 0.15) is 0 Å². The van der Waals surface area contributed by atoms with Gasteiger partial charge in [0.2, 0.25) is 0 Å². The maximum absolute atomic E-state index is 14.0. The highest BCUT2D eigenvalue weighted by Crippen LogP contribution is 2.27. The molecule has 1 N–H and O–H groups in total. The summed E-state index contributed by atoms with van der Waals surface area (Å²) in [6, 6.07) is 3.14. The Bertz CT molecular complexity index is 444. The van der Waals surface area contributed by atoms with Gasteiger partial charge in [-0.25, -0.2) is 8.78 Å². The van der Waals surface area contributed by atoms with Crippen molar-refractivity contribution in [3.05, 3.63) is 34.9 Å². The van der Waals surface area contributed by atoms with Gasteiger partial charge in [-0.3, -0.25) is 0 Å². The van der Waals surface area contributed by atoms with Crippen molar-refractivity contribution in [2.45, 2.75) is 51.2 Å². The van der Waals surface area contributed by atoms with Gasteiger partial charge in [0.15, 0.2) is 11.6 Å². The third-order valence-corrected chi connectivity index (χ3v) is 4.08. The Kier molecular flexibility index (Phi) is 5.49. The molecule has 0 saturated carbocycles. The summed E-state index contributed by atoms with van der Waals surface area (Å²) in [5.41, 5.74) is 0.753. The SMILES string of the molecule is CNC(CCC1CCCCO1)c1ccc(C)c(F)c1F. The highest BCUT2D eigenvalue weighted by molar-refractivity contribution is 5.27. The molecule has 1 aromatic carbocycles. The van der Waals surface area contributed by atoms with Crippen LogP contribution in [0, 0.1) is 18.6 Å². The molecule has 2 nitrogen and oxygen atoms in total. The number of hydrogen-bond donors (Lipinski definition) is 1. The summed E-state index contributed by atoms with van der Waals surface area (Å²) in [4.78, 5) is 0. The molecule has 0 aromatic heterocycles. The minimum atomic E-state index is -0.739. The van der Waals surface area contributed by atoms with E-state index in [1.165, 1.54) is 6.42 Å². The van der Waals surface area contributed by atoms with Crippen LogP contribution in [-0.2, 0) is 4.74 Å². The van der Waals surface area contributed by atoms with Crippen molar-refractivity contribution in [2.24, 2.45) is 0 Å². The van der Waals surface area contributed by atoms with Crippen molar-refractivity contribution >= 4 is 0 Å². The molecule has 2 atom stereocenters. The van der Waals surface area contributed by atoms with Crippen molar-refractivity contribution in [3.63, 3.8) is 0 Å². The van der Waals surface area contributed by atoms with Crippen LogP contribution in [0.25, 0.3) is 0 Å². The lowest BCUT2D eigenvalue weighted by Crippen LogP contribution is -2.23. The predicted molar refractivity (Wildman–Crippen MR) is 75.7 cm³/mol. The van der Waals surface area contributed by atoms with E-state index in [4.69, 9.17) is 4.74 Å². The Morgan fingerprint density at radius 3 is 2.75 bits per heavy atom. The molecule has 1 aromatic rings. The molecule has 1 fully saturated rings. The lowest BCUT2D eigenvalue weighted by molar-refractivity contribution is 0.00860. The number of benzene rings is 1. The van der Waals surface area contributed by atoms with Crippen LogP contribution < -0.4 is 5.32 Å². The molecule has 0 aliphatic carbocycles. The maximum Gasteiger partial charge on any atom is 0.163 e. The number of halogens is 2. The van der Waals surface area contributed by atoms with Crippen LogP contribution in [0.4, 0.5) is 8.78 Å². The Morgan fingerprint density at radius 2 is 2.10 bits per heavy atom. The molecule has 1 aliphatic rings. The number of ether oxygens (including phenoxy) is 1. The number of rotatable bonds is 5. The number of nitrogens with one attached hydrogen (secondary N) is 1. The van der Waals surface area contributed by atoms with Gasteiger partial charge in [0.25, 0.3) is 0 Å². The van der Waals surface area contributed by atoms with Crippen LogP contribution >= 0.6 is 0 Å². The Labute approximate surface area is 119 Å². The first kappa shape index (κ1) is 15.4. The average Bonchev–Trinajstić information content (AvgIpc) is 2.48. The molecule has 0 amide bonds. The summed E-state index contributed by atoms with van der Waals surface area (Å²) in [6.45, 7) is 2.40. The van der Waals surface area contributed by atoms with Gasteiger partial charge in [-0.1, -0.05) is 12.1 Å². The third kappa shape index (κ3) is 3.55. The van der Waals surface area contributed by atoms with E-state index in [0.717, 1.165) is 32.3 Å². The predicted octanol–water partition coefficient (Wildman–Crippen LogP) is 3.88. The average molecular weight is 283 g/mol. The zero-order chi connectivity index (χ0) is 14.5. The normalized spacial score (nSPS) is 20.9. The molecule has 20 heavy (non-hydrogen) atoms. The first-order valence-corrected chi connectivity index (χ1v) is 7.37. The van der Waals surface area contributed by atoms with Crippen molar-refractivity contribution < 1.29 is 13.5 Å². The lowest BCUT2D eigenvalue weighted by atomic mass is 9.96. The quantitative estimate of drug-likeness (QED) is 0.885. The van der Waals surface area contributed by atoms with E-state index in [9.17, 15) is 8.78 Å². The van der Waals surface area contributed by atoms with Gasteiger partial charge < -0.3 is 10.1 Å². The molecule has 0 spiro atoms. The maximum atomic E-state index is 14.0. The second-order valence-corrected chi connectivity index (χ2v) is 5.51. The number of aryl methyl sites for hydroxylation is 1. The second-order valence-electron chi connectivity index (χ2n) is 5.51. The van der Waals surface area contributed by atoms with Gasteiger partial charge in [0, 0.05) is 18.2 Å². The molecule has 0 bridgehead atoms. The first-order chi connectivity index (χ1) is 9.63. The van der Waals surface area contributed by atoms with Gasteiger partial charge >= 0.3 is 0 Å². The zero-order valence-corrected chi connectivity index (χ0v) is 12.2. The van der Waals surface area contributed by atoms with Gasteiger partial charge in [0.05, 0.1) is 6.10 Å². The molecular weight excluding hydrogens is 260 g/mol. The van der Waals surface area contributed by atoms with E-state index in [0.29, 0.717) is 11.1 Å². The van der Waals surface area contributed by atoms with E-state index in [-0.39, 0.29) is 12.1 Å². The van der Waals surface area contributed by atoms with Gasteiger partial charge in [-0.2, -0.15) is 0 Å². The second kappa shape index (κ2) is 7.14. The monoisotopic (exact) mass is 283 g/mol. The molecule has 1 heterocycles. The lowest BCUT2D eigenvalue weighted by Gasteiger charge is -2.25. The summed E-state index contributed by atoms with van der Waals surface area (Å²) in [6.07, 6.45) is 5.28. The molecule has 0 radical (unpaired) electrons. The van der Waals surface area contributed by atoms with Crippen LogP contribution in [0.5, 0.6) is 0 Å². The minimum absolute atomic E-state index is 0.171. The summed E-state index contributed by atoms with van der Waals surface area (Å²) < 4.78 is 33.4. The van der Waals surface area contributed by atoms with E-state index in [1.807, 2.05) is 0 Å². The van der Waals surface area contributed by atoms with Crippen LogP contribution in [-0.4, -0.2) is 19.8 Å². The number of hydrogen-bond acceptors (Lipinski definition) is 2. The summed E-state index contributed by atoms with van der Waals surface area (Å²) >= 11 is 0. The molecule has 2 rings (SSSR count). The van der Waals surface area contributed by atoms with E-state index in [2.05, 4.69) is 5.32 Å². The van der Waals surface area contributed by atoms with Crippen molar-refractivity contribution in [3.8, 4) is 0 Å². The molecular formula is C16H23F2NO. The Balaban J connectivity index is 2.02. The van der Waals surface area contributed by atoms with E-state index < -0.39 is 11.6 Å².